The van der Waals surface area contributed by atoms with Crippen molar-refractivity contribution in [3.63, 3.8) is 0 Å². The fraction of sp³-hybridized carbons (Fsp3) is 0.733. The zero-order chi connectivity index (χ0) is 15.1. The van der Waals surface area contributed by atoms with Gasteiger partial charge in [-0.2, -0.15) is 0 Å². The van der Waals surface area contributed by atoms with Crippen LogP contribution in [-0.4, -0.2) is 49.6 Å². The van der Waals surface area contributed by atoms with Crippen LogP contribution in [0.4, 0.5) is 11.6 Å². The largest absolute Gasteiger partial charge is 0.381 e. The van der Waals surface area contributed by atoms with Crippen molar-refractivity contribution >= 4 is 23.4 Å². The molecule has 1 aromatic rings. The lowest BCUT2D eigenvalue weighted by molar-refractivity contribution is 0.0576. The van der Waals surface area contributed by atoms with Crippen molar-refractivity contribution in [2.75, 3.05) is 49.8 Å². The number of ether oxygens (including phenoxy) is 1. The molecule has 1 atom stereocenters. The minimum absolute atomic E-state index is 0.600. The maximum Gasteiger partial charge on any atom is 0.191 e. The summed E-state index contributed by atoms with van der Waals surface area (Å²) in [5.74, 6) is 2.50. The van der Waals surface area contributed by atoms with Crippen LogP contribution < -0.4 is 10.2 Å². The lowest BCUT2D eigenvalue weighted by atomic mass is 10.0. The molecule has 21 heavy (non-hydrogen) atoms. The number of rotatable bonds is 7. The van der Waals surface area contributed by atoms with Crippen LogP contribution in [0.2, 0.25) is 0 Å². The van der Waals surface area contributed by atoms with Crippen LogP contribution in [0.3, 0.4) is 0 Å². The highest BCUT2D eigenvalue weighted by molar-refractivity contribution is 7.98. The lowest BCUT2D eigenvalue weighted by Gasteiger charge is -2.28. The maximum atomic E-state index is 5.56. The summed E-state index contributed by atoms with van der Waals surface area (Å²) in [4.78, 5) is 11.4. The Kier molecular flexibility index (Phi) is 6.57. The van der Waals surface area contributed by atoms with Crippen LogP contribution in [0, 0.1) is 5.92 Å². The Morgan fingerprint density at radius 3 is 3.00 bits per heavy atom. The van der Waals surface area contributed by atoms with Crippen molar-refractivity contribution in [2.45, 2.75) is 31.3 Å². The molecule has 5 nitrogen and oxygen atoms in total. The fourth-order valence-electron chi connectivity index (χ4n) is 2.48. The Hall–Kier alpha value is -1.01. The molecular weight excluding hydrogens is 284 g/mol. The van der Waals surface area contributed by atoms with Gasteiger partial charge in [-0.3, -0.25) is 0 Å². The van der Waals surface area contributed by atoms with E-state index in [1.54, 1.807) is 11.8 Å². The van der Waals surface area contributed by atoms with Gasteiger partial charge in [-0.05, 0) is 31.4 Å². The summed E-state index contributed by atoms with van der Waals surface area (Å²) in [6, 6.07) is 2.04. The van der Waals surface area contributed by atoms with Gasteiger partial charge in [-0.25, -0.2) is 9.97 Å². The minimum Gasteiger partial charge on any atom is -0.381 e. The molecule has 0 aliphatic carbocycles. The average molecular weight is 310 g/mol. The van der Waals surface area contributed by atoms with E-state index in [9.17, 15) is 0 Å². The van der Waals surface area contributed by atoms with Gasteiger partial charge < -0.3 is 15.0 Å². The summed E-state index contributed by atoms with van der Waals surface area (Å²) in [6.07, 6.45) is 5.51. The smallest absolute Gasteiger partial charge is 0.191 e. The van der Waals surface area contributed by atoms with E-state index >= 15 is 0 Å². The fourth-order valence-corrected chi connectivity index (χ4v) is 2.85. The first-order valence-corrected chi connectivity index (χ1v) is 8.91. The molecule has 0 bridgehead atoms. The van der Waals surface area contributed by atoms with Crippen LogP contribution in [0.25, 0.3) is 0 Å². The summed E-state index contributed by atoms with van der Waals surface area (Å²) in [7, 11) is 2.10. The molecule has 0 saturated carbocycles. The van der Waals surface area contributed by atoms with E-state index in [4.69, 9.17) is 4.74 Å². The number of hydrogen-bond acceptors (Lipinski definition) is 6. The van der Waals surface area contributed by atoms with E-state index in [0.29, 0.717) is 5.92 Å². The molecule has 1 unspecified atom stereocenters. The lowest BCUT2D eigenvalue weighted by Crippen LogP contribution is -2.31. The second-order valence-corrected chi connectivity index (χ2v) is 6.26. The average Bonchev–Trinajstić information content (AvgIpc) is 2.53. The van der Waals surface area contributed by atoms with E-state index in [0.717, 1.165) is 49.5 Å². The number of anilines is 2. The van der Waals surface area contributed by atoms with Crippen molar-refractivity contribution in [2.24, 2.45) is 5.92 Å². The molecule has 2 rings (SSSR count). The molecule has 0 amide bonds. The SMILES string of the molecule is CCCNc1cc(N(C)CC2CCCOC2)nc(SC)n1. The summed E-state index contributed by atoms with van der Waals surface area (Å²) in [5, 5.41) is 4.17. The molecule has 1 N–H and O–H groups in total. The molecule has 1 fully saturated rings. The summed E-state index contributed by atoms with van der Waals surface area (Å²) in [5.41, 5.74) is 0. The van der Waals surface area contributed by atoms with Crippen molar-refractivity contribution in [1.82, 2.24) is 9.97 Å². The molecule has 0 radical (unpaired) electrons. The van der Waals surface area contributed by atoms with Crippen LogP contribution >= 0.6 is 11.8 Å². The first-order valence-electron chi connectivity index (χ1n) is 7.68. The Morgan fingerprint density at radius 1 is 1.48 bits per heavy atom. The van der Waals surface area contributed by atoms with Gasteiger partial charge in [-0.1, -0.05) is 18.7 Å². The summed E-state index contributed by atoms with van der Waals surface area (Å²) in [6.45, 7) is 5.85. The summed E-state index contributed by atoms with van der Waals surface area (Å²) < 4.78 is 5.56. The van der Waals surface area contributed by atoms with Crippen LogP contribution in [-0.2, 0) is 4.74 Å². The Labute approximate surface area is 131 Å². The third-order valence-electron chi connectivity index (χ3n) is 3.61. The number of aromatic nitrogens is 2. The van der Waals surface area contributed by atoms with Gasteiger partial charge in [-0.15, -0.1) is 0 Å². The molecule has 1 saturated heterocycles. The van der Waals surface area contributed by atoms with Gasteiger partial charge in [0.25, 0.3) is 0 Å². The predicted molar refractivity (Wildman–Crippen MR) is 89.4 cm³/mol. The van der Waals surface area contributed by atoms with Crippen LogP contribution in [0.1, 0.15) is 26.2 Å². The zero-order valence-corrected chi connectivity index (χ0v) is 14.1. The number of nitrogens with one attached hydrogen (secondary N) is 1. The third-order valence-corrected chi connectivity index (χ3v) is 4.16. The zero-order valence-electron chi connectivity index (χ0n) is 13.3. The third kappa shape index (κ3) is 5.04. The van der Waals surface area contributed by atoms with Crippen molar-refractivity contribution in [3.8, 4) is 0 Å². The normalized spacial score (nSPS) is 18.5. The van der Waals surface area contributed by atoms with Crippen LogP contribution in [0.15, 0.2) is 11.2 Å². The van der Waals surface area contributed by atoms with Crippen molar-refractivity contribution in [3.05, 3.63) is 6.07 Å². The van der Waals surface area contributed by atoms with Gasteiger partial charge in [0.05, 0.1) is 6.61 Å². The predicted octanol–water partition coefficient (Wildman–Crippen LogP) is 2.88. The van der Waals surface area contributed by atoms with E-state index in [2.05, 4.69) is 34.2 Å². The Balaban J connectivity index is 2.05. The molecule has 118 valence electrons. The van der Waals surface area contributed by atoms with E-state index < -0.39 is 0 Å². The molecule has 1 aliphatic heterocycles. The maximum absolute atomic E-state index is 5.56. The Morgan fingerprint density at radius 2 is 2.33 bits per heavy atom. The quantitative estimate of drug-likeness (QED) is 0.617. The van der Waals surface area contributed by atoms with Gasteiger partial charge in [0, 0.05) is 32.8 Å². The van der Waals surface area contributed by atoms with Crippen molar-refractivity contribution < 1.29 is 4.74 Å². The summed E-state index contributed by atoms with van der Waals surface area (Å²) >= 11 is 1.58. The van der Waals surface area contributed by atoms with E-state index in [-0.39, 0.29) is 0 Å². The molecule has 2 heterocycles. The van der Waals surface area contributed by atoms with Gasteiger partial charge >= 0.3 is 0 Å². The highest BCUT2D eigenvalue weighted by Gasteiger charge is 2.17. The van der Waals surface area contributed by atoms with Gasteiger partial charge in [0.1, 0.15) is 11.6 Å². The van der Waals surface area contributed by atoms with E-state index in [1.165, 1.54) is 12.8 Å². The topological polar surface area (TPSA) is 50.3 Å². The molecule has 0 aromatic carbocycles. The van der Waals surface area contributed by atoms with Crippen molar-refractivity contribution in [1.29, 1.82) is 0 Å². The number of thioether (sulfide) groups is 1. The van der Waals surface area contributed by atoms with Gasteiger partial charge in [0.15, 0.2) is 5.16 Å². The highest BCUT2D eigenvalue weighted by atomic mass is 32.2. The first-order chi connectivity index (χ1) is 10.2. The van der Waals surface area contributed by atoms with E-state index in [1.807, 2.05) is 12.3 Å². The monoisotopic (exact) mass is 310 g/mol. The van der Waals surface area contributed by atoms with Gasteiger partial charge in [0.2, 0.25) is 0 Å². The highest BCUT2D eigenvalue weighted by Crippen LogP contribution is 2.22. The molecular formula is C15H26N4OS. The Bertz CT molecular complexity index is 438. The molecule has 0 spiro atoms. The molecule has 1 aliphatic rings. The first kappa shape index (κ1) is 16.4. The number of hydrogen-bond donors (Lipinski definition) is 1. The second-order valence-electron chi connectivity index (χ2n) is 5.49. The second kappa shape index (κ2) is 8.44. The number of nitrogens with zero attached hydrogens (tertiary/aromatic N) is 3. The minimum atomic E-state index is 0.600. The molecule has 1 aromatic heterocycles. The van der Waals surface area contributed by atoms with Crippen LogP contribution in [0.5, 0.6) is 0 Å². The molecule has 6 heteroatoms. The standard InChI is InChI=1S/C15H26N4OS/c1-4-7-16-13-9-14(18-15(17-13)21-3)19(2)10-12-6-5-8-20-11-12/h9,12H,4-8,10-11H2,1-3H3,(H,16,17,18).